The summed E-state index contributed by atoms with van der Waals surface area (Å²) in [6, 6.07) is 7.80. The van der Waals surface area contributed by atoms with Gasteiger partial charge in [0.1, 0.15) is 0 Å². The molecule has 0 atom stereocenters. The molecular weight excluding hydrogens is 228 g/mol. The van der Waals surface area contributed by atoms with Crippen molar-refractivity contribution in [2.75, 3.05) is 19.8 Å². The third-order valence-electron chi connectivity index (χ3n) is 2.62. The average molecular weight is 250 g/mol. The van der Waals surface area contributed by atoms with Gasteiger partial charge in [0.05, 0.1) is 6.42 Å². The average Bonchev–Trinajstić information content (AvgIpc) is 2.39. The molecule has 4 nitrogen and oxygen atoms in total. The molecule has 18 heavy (non-hydrogen) atoms. The minimum atomic E-state index is 0.0481. The van der Waals surface area contributed by atoms with Crippen molar-refractivity contribution in [1.82, 2.24) is 5.32 Å². The fraction of sp³-hybridized carbons (Fsp3) is 0.500. The van der Waals surface area contributed by atoms with Gasteiger partial charge in [-0.1, -0.05) is 24.3 Å². The molecule has 0 saturated carbocycles. The Labute approximate surface area is 109 Å². The van der Waals surface area contributed by atoms with Gasteiger partial charge in [0.2, 0.25) is 5.91 Å². The molecule has 1 aromatic carbocycles. The van der Waals surface area contributed by atoms with Gasteiger partial charge < -0.3 is 15.8 Å². The molecule has 0 unspecified atom stereocenters. The van der Waals surface area contributed by atoms with Crippen molar-refractivity contribution in [3.8, 4) is 0 Å². The first kappa shape index (κ1) is 14.7. The van der Waals surface area contributed by atoms with Gasteiger partial charge in [-0.2, -0.15) is 0 Å². The summed E-state index contributed by atoms with van der Waals surface area (Å²) in [5, 5.41) is 2.88. The molecule has 0 heterocycles. The number of hydrogen-bond donors (Lipinski definition) is 2. The first-order valence-corrected chi connectivity index (χ1v) is 6.38. The highest BCUT2D eigenvalue weighted by molar-refractivity contribution is 5.78. The van der Waals surface area contributed by atoms with Crippen LogP contribution in [0.15, 0.2) is 24.3 Å². The summed E-state index contributed by atoms with van der Waals surface area (Å²) in [4.78, 5) is 11.6. The summed E-state index contributed by atoms with van der Waals surface area (Å²) in [6.45, 7) is 4.58. The predicted octanol–water partition coefficient (Wildman–Crippen LogP) is 1.23. The summed E-state index contributed by atoms with van der Waals surface area (Å²) in [5.74, 6) is 0.0481. The Hall–Kier alpha value is -1.39. The van der Waals surface area contributed by atoms with E-state index in [0.717, 1.165) is 24.2 Å². The van der Waals surface area contributed by atoms with Gasteiger partial charge >= 0.3 is 0 Å². The maximum atomic E-state index is 11.6. The zero-order valence-corrected chi connectivity index (χ0v) is 10.9. The molecule has 0 aliphatic rings. The summed E-state index contributed by atoms with van der Waals surface area (Å²) < 4.78 is 5.20. The number of amides is 1. The summed E-state index contributed by atoms with van der Waals surface area (Å²) in [6.07, 6.45) is 1.27. The lowest BCUT2D eigenvalue weighted by molar-refractivity contribution is -0.120. The zero-order valence-electron chi connectivity index (χ0n) is 10.9. The van der Waals surface area contributed by atoms with Gasteiger partial charge in [0, 0.05) is 26.3 Å². The highest BCUT2D eigenvalue weighted by Gasteiger charge is 2.02. The molecule has 0 saturated heterocycles. The molecule has 4 heteroatoms. The smallest absolute Gasteiger partial charge is 0.224 e. The van der Waals surface area contributed by atoms with E-state index in [9.17, 15) is 4.79 Å². The van der Waals surface area contributed by atoms with Gasteiger partial charge in [-0.05, 0) is 24.5 Å². The number of carbonyl (C=O) groups excluding carboxylic acids is 1. The molecule has 3 N–H and O–H groups in total. The maximum absolute atomic E-state index is 11.6. The number of ether oxygens (including phenoxy) is 1. The van der Waals surface area contributed by atoms with Gasteiger partial charge in [-0.25, -0.2) is 0 Å². The van der Waals surface area contributed by atoms with Crippen molar-refractivity contribution in [3.63, 3.8) is 0 Å². The lowest BCUT2D eigenvalue weighted by Crippen LogP contribution is -2.26. The number of nitrogens with one attached hydrogen (secondary N) is 1. The summed E-state index contributed by atoms with van der Waals surface area (Å²) >= 11 is 0. The van der Waals surface area contributed by atoms with Crippen LogP contribution in [0.4, 0.5) is 0 Å². The quantitative estimate of drug-likeness (QED) is 0.682. The van der Waals surface area contributed by atoms with E-state index in [1.165, 1.54) is 0 Å². The Morgan fingerprint density at radius 3 is 2.56 bits per heavy atom. The normalized spacial score (nSPS) is 10.3. The number of carbonyl (C=O) groups is 1. The standard InChI is InChI=1S/C14H22N2O2/c1-2-18-9-3-8-16-14(17)10-12-4-6-13(11-15)7-5-12/h4-7H,2-3,8-11,15H2,1H3,(H,16,17). The third kappa shape index (κ3) is 5.80. The molecule has 0 bridgehead atoms. The number of benzene rings is 1. The Balaban J connectivity index is 2.22. The van der Waals surface area contributed by atoms with Crippen LogP contribution in [0.2, 0.25) is 0 Å². The Morgan fingerprint density at radius 2 is 1.94 bits per heavy atom. The van der Waals surface area contributed by atoms with Crippen LogP contribution in [0.3, 0.4) is 0 Å². The van der Waals surface area contributed by atoms with Crippen LogP contribution in [-0.2, 0) is 22.5 Å². The van der Waals surface area contributed by atoms with E-state index in [-0.39, 0.29) is 5.91 Å². The lowest BCUT2D eigenvalue weighted by Gasteiger charge is -2.06. The van der Waals surface area contributed by atoms with Crippen LogP contribution in [0.5, 0.6) is 0 Å². The molecule has 0 fully saturated rings. The molecule has 0 aliphatic carbocycles. The Bertz CT molecular complexity index is 349. The Kier molecular flexibility index (Phi) is 7.06. The molecule has 0 radical (unpaired) electrons. The number of nitrogens with two attached hydrogens (primary N) is 1. The molecular formula is C14H22N2O2. The minimum Gasteiger partial charge on any atom is -0.382 e. The largest absolute Gasteiger partial charge is 0.382 e. The van der Waals surface area contributed by atoms with Gasteiger partial charge in [0.15, 0.2) is 0 Å². The molecule has 1 rings (SSSR count). The van der Waals surface area contributed by atoms with E-state index < -0.39 is 0 Å². The highest BCUT2D eigenvalue weighted by Crippen LogP contribution is 2.04. The van der Waals surface area contributed by atoms with Crippen LogP contribution in [0.1, 0.15) is 24.5 Å². The van der Waals surface area contributed by atoms with E-state index in [2.05, 4.69) is 5.32 Å². The monoisotopic (exact) mass is 250 g/mol. The second-order valence-electron chi connectivity index (χ2n) is 4.10. The minimum absolute atomic E-state index is 0.0481. The van der Waals surface area contributed by atoms with Crippen LogP contribution < -0.4 is 11.1 Å². The highest BCUT2D eigenvalue weighted by atomic mass is 16.5. The zero-order chi connectivity index (χ0) is 13.2. The van der Waals surface area contributed by atoms with E-state index in [1.54, 1.807) is 0 Å². The second kappa shape index (κ2) is 8.66. The fourth-order valence-electron chi connectivity index (χ4n) is 1.59. The van der Waals surface area contributed by atoms with Crippen molar-refractivity contribution in [3.05, 3.63) is 35.4 Å². The number of hydrogen-bond acceptors (Lipinski definition) is 3. The van der Waals surface area contributed by atoms with Crippen LogP contribution in [0, 0.1) is 0 Å². The molecule has 0 aromatic heterocycles. The van der Waals surface area contributed by atoms with Crippen molar-refractivity contribution >= 4 is 5.91 Å². The second-order valence-corrected chi connectivity index (χ2v) is 4.10. The van der Waals surface area contributed by atoms with Gasteiger partial charge in [-0.15, -0.1) is 0 Å². The molecule has 0 aliphatic heterocycles. The topological polar surface area (TPSA) is 64.3 Å². The van der Waals surface area contributed by atoms with Crippen molar-refractivity contribution in [1.29, 1.82) is 0 Å². The lowest BCUT2D eigenvalue weighted by atomic mass is 10.1. The summed E-state index contributed by atoms with van der Waals surface area (Å²) in [7, 11) is 0. The molecule has 0 spiro atoms. The molecule has 100 valence electrons. The van der Waals surface area contributed by atoms with Crippen molar-refractivity contribution in [2.24, 2.45) is 5.73 Å². The van der Waals surface area contributed by atoms with Crippen molar-refractivity contribution < 1.29 is 9.53 Å². The van der Waals surface area contributed by atoms with Crippen molar-refractivity contribution in [2.45, 2.75) is 26.3 Å². The molecule has 1 aromatic rings. The van der Waals surface area contributed by atoms with Crippen LogP contribution >= 0.6 is 0 Å². The number of rotatable bonds is 8. The first-order valence-electron chi connectivity index (χ1n) is 6.38. The first-order chi connectivity index (χ1) is 8.76. The fourth-order valence-corrected chi connectivity index (χ4v) is 1.59. The SMILES string of the molecule is CCOCCCNC(=O)Cc1ccc(CN)cc1. The van der Waals surface area contributed by atoms with E-state index in [1.807, 2.05) is 31.2 Å². The van der Waals surface area contributed by atoms with E-state index >= 15 is 0 Å². The summed E-state index contributed by atoms with van der Waals surface area (Å²) in [5.41, 5.74) is 7.60. The predicted molar refractivity (Wildman–Crippen MR) is 72.2 cm³/mol. The molecule has 1 amide bonds. The van der Waals surface area contributed by atoms with Gasteiger partial charge in [0.25, 0.3) is 0 Å². The van der Waals surface area contributed by atoms with Crippen LogP contribution in [0.25, 0.3) is 0 Å². The van der Waals surface area contributed by atoms with Gasteiger partial charge in [-0.3, -0.25) is 4.79 Å². The maximum Gasteiger partial charge on any atom is 0.224 e. The Morgan fingerprint density at radius 1 is 1.28 bits per heavy atom. The van der Waals surface area contributed by atoms with E-state index in [0.29, 0.717) is 26.1 Å². The van der Waals surface area contributed by atoms with Crippen LogP contribution in [-0.4, -0.2) is 25.7 Å². The van der Waals surface area contributed by atoms with E-state index in [4.69, 9.17) is 10.5 Å². The third-order valence-corrected chi connectivity index (χ3v) is 2.62.